The third-order valence-corrected chi connectivity index (χ3v) is 7.80. The summed E-state index contributed by atoms with van der Waals surface area (Å²) in [5, 5.41) is 7.57. The molecule has 3 aromatic carbocycles. The quantitative estimate of drug-likeness (QED) is 0.527. The number of fused-ring (bicyclic) bond motifs is 1. The van der Waals surface area contributed by atoms with Crippen molar-refractivity contribution in [3.8, 4) is 0 Å². The summed E-state index contributed by atoms with van der Waals surface area (Å²) in [5.41, 5.74) is 2.05. The van der Waals surface area contributed by atoms with Crippen molar-refractivity contribution in [2.75, 3.05) is 18.4 Å². The van der Waals surface area contributed by atoms with Crippen molar-refractivity contribution >= 4 is 32.4 Å². The van der Waals surface area contributed by atoms with E-state index in [0.717, 1.165) is 31.5 Å². The molecule has 4 rings (SSSR count). The summed E-state index contributed by atoms with van der Waals surface area (Å²) in [6.45, 7) is 5.58. The van der Waals surface area contributed by atoms with Crippen LogP contribution in [0, 0.1) is 12.8 Å². The summed E-state index contributed by atoms with van der Waals surface area (Å²) in [6, 6.07) is 17.8. The minimum Gasteiger partial charge on any atom is -0.321 e. The molecule has 1 aliphatic heterocycles. The molecule has 3 N–H and O–H groups in total. The Balaban J connectivity index is 1.67. The summed E-state index contributed by atoms with van der Waals surface area (Å²) in [4.78, 5) is 13.1. The Morgan fingerprint density at radius 3 is 2.50 bits per heavy atom. The van der Waals surface area contributed by atoms with Crippen LogP contribution in [-0.2, 0) is 10.0 Å². The van der Waals surface area contributed by atoms with Crippen LogP contribution in [0.15, 0.2) is 65.6 Å². The van der Waals surface area contributed by atoms with Crippen molar-refractivity contribution < 1.29 is 13.2 Å². The molecule has 0 saturated carbocycles. The van der Waals surface area contributed by atoms with Gasteiger partial charge in [0.1, 0.15) is 0 Å². The highest BCUT2D eigenvalue weighted by atomic mass is 32.2. The van der Waals surface area contributed by atoms with Crippen LogP contribution in [-0.4, -0.2) is 33.5 Å². The van der Waals surface area contributed by atoms with Gasteiger partial charge in [0, 0.05) is 28.1 Å². The molecule has 7 heteroatoms. The van der Waals surface area contributed by atoms with E-state index in [1.165, 1.54) is 0 Å². The SMILES string of the molecule is CC[C@@H]1CNCC[C@H]1NS(=O)(=O)c1ccc(NC(=O)c2ccccc2C)c2ccccc12. The Bertz CT molecular complexity index is 1240. The minimum atomic E-state index is -3.72. The number of hydrogen-bond donors (Lipinski definition) is 3. The number of benzene rings is 3. The molecule has 0 spiro atoms. The van der Waals surface area contributed by atoms with E-state index in [4.69, 9.17) is 0 Å². The first-order valence-electron chi connectivity index (χ1n) is 11.0. The van der Waals surface area contributed by atoms with Crippen molar-refractivity contribution in [3.63, 3.8) is 0 Å². The topological polar surface area (TPSA) is 87.3 Å². The normalized spacial score (nSPS) is 19.1. The van der Waals surface area contributed by atoms with Crippen molar-refractivity contribution in [3.05, 3.63) is 71.8 Å². The van der Waals surface area contributed by atoms with Crippen LogP contribution in [0.3, 0.4) is 0 Å². The first-order chi connectivity index (χ1) is 15.4. The summed E-state index contributed by atoms with van der Waals surface area (Å²) < 4.78 is 29.7. The Hall–Kier alpha value is -2.74. The highest BCUT2D eigenvalue weighted by molar-refractivity contribution is 7.89. The molecule has 0 radical (unpaired) electrons. The van der Waals surface area contributed by atoms with Crippen molar-refractivity contribution in [2.24, 2.45) is 5.92 Å². The number of carbonyl (C=O) groups is 1. The van der Waals surface area contributed by atoms with Crippen LogP contribution < -0.4 is 15.4 Å². The number of sulfonamides is 1. The molecule has 1 heterocycles. The van der Waals surface area contributed by atoms with E-state index in [9.17, 15) is 13.2 Å². The summed E-state index contributed by atoms with van der Waals surface area (Å²) in [7, 11) is -3.72. The maximum Gasteiger partial charge on any atom is 0.255 e. The lowest BCUT2D eigenvalue weighted by molar-refractivity contribution is 0.102. The van der Waals surface area contributed by atoms with Gasteiger partial charge in [-0.05, 0) is 56.1 Å². The van der Waals surface area contributed by atoms with Gasteiger partial charge in [-0.3, -0.25) is 4.79 Å². The second-order valence-electron chi connectivity index (χ2n) is 8.31. The van der Waals surface area contributed by atoms with Gasteiger partial charge in [0.15, 0.2) is 0 Å². The van der Waals surface area contributed by atoms with Gasteiger partial charge < -0.3 is 10.6 Å². The van der Waals surface area contributed by atoms with Gasteiger partial charge in [-0.25, -0.2) is 13.1 Å². The highest BCUT2D eigenvalue weighted by Gasteiger charge is 2.29. The first kappa shape index (κ1) is 22.5. The number of piperidine rings is 1. The zero-order chi connectivity index (χ0) is 22.7. The molecule has 0 aliphatic carbocycles. The minimum absolute atomic E-state index is 0.0922. The molecule has 168 valence electrons. The van der Waals surface area contributed by atoms with E-state index in [1.807, 2.05) is 43.3 Å². The number of amides is 1. The molecule has 3 aromatic rings. The lowest BCUT2D eigenvalue weighted by Crippen LogP contribution is -2.49. The van der Waals surface area contributed by atoms with Crippen molar-refractivity contribution in [1.29, 1.82) is 0 Å². The molecule has 1 saturated heterocycles. The molecule has 0 bridgehead atoms. The lowest BCUT2D eigenvalue weighted by Gasteiger charge is -2.32. The average Bonchev–Trinajstić information content (AvgIpc) is 2.79. The maximum atomic E-state index is 13.4. The number of carbonyl (C=O) groups excluding carboxylic acids is 1. The van der Waals surface area contributed by atoms with Gasteiger partial charge in [-0.2, -0.15) is 0 Å². The fourth-order valence-corrected chi connectivity index (χ4v) is 5.95. The smallest absolute Gasteiger partial charge is 0.255 e. The number of nitrogens with one attached hydrogen (secondary N) is 3. The monoisotopic (exact) mass is 451 g/mol. The Labute approximate surface area is 189 Å². The van der Waals surface area contributed by atoms with E-state index in [0.29, 0.717) is 22.0 Å². The van der Waals surface area contributed by atoms with Gasteiger partial charge in [0.05, 0.1) is 4.90 Å². The molecule has 0 aromatic heterocycles. The molecule has 1 fully saturated rings. The lowest BCUT2D eigenvalue weighted by atomic mass is 9.92. The summed E-state index contributed by atoms with van der Waals surface area (Å²) in [5.74, 6) is 0.0416. The number of hydrogen-bond acceptors (Lipinski definition) is 4. The van der Waals surface area contributed by atoms with Crippen LogP contribution >= 0.6 is 0 Å². The second kappa shape index (κ2) is 9.40. The highest BCUT2D eigenvalue weighted by Crippen LogP contribution is 2.31. The van der Waals surface area contributed by atoms with Crippen molar-refractivity contribution in [1.82, 2.24) is 10.0 Å². The van der Waals surface area contributed by atoms with Crippen LogP contribution in [0.4, 0.5) is 5.69 Å². The molecular weight excluding hydrogens is 422 g/mol. The number of anilines is 1. The fourth-order valence-electron chi connectivity index (χ4n) is 4.40. The van der Waals surface area contributed by atoms with Gasteiger partial charge in [-0.1, -0.05) is 55.8 Å². The number of rotatable bonds is 6. The standard InChI is InChI=1S/C25H29N3O3S/c1-3-18-16-26-15-14-22(18)28-32(30,31)24-13-12-23(20-10-6-7-11-21(20)24)27-25(29)19-9-5-4-8-17(19)2/h4-13,18,22,26,28H,3,14-16H2,1-2H3,(H,27,29)/t18-,22-/m1/s1. The van der Waals surface area contributed by atoms with Crippen LogP contribution in [0.2, 0.25) is 0 Å². The van der Waals surface area contributed by atoms with E-state index >= 15 is 0 Å². The van der Waals surface area contributed by atoms with E-state index in [1.54, 1.807) is 24.3 Å². The molecular formula is C25H29N3O3S. The third kappa shape index (κ3) is 4.55. The van der Waals surface area contributed by atoms with Gasteiger partial charge in [-0.15, -0.1) is 0 Å². The molecule has 0 unspecified atom stereocenters. The zero-order valence-corrected chi connectivity index (χ0v) is 19.2. The zero-order valence-electron chi connectivity index (χ0n) is 18.4. The van der Waals surface area contributed by atoms with E-state index in [2.05, 4.69) is 22.3 Å². The maximum absolute atomic E-state index is 13.4. The van der Waals surface area contributed by atoms with Crippen LogP contribution in [0.5, 0.6) is 0 Å². The number of aryl methyl sites for hydroxylation is 1. The van der Waals surface area contributed by atoms with Crippen molar-refractivity contribution in [2.45, 2.75) is 37.6 Å². The Kier molecular flexibility index (Phi) is 6.60. The molecule has 6 nitrogen and oxygen atoms in total. The summed E-state index contributed by atoms with van der Waals surface area (Å²) >= 11 is 0. The van der Waals surface area contributed by atoms with E-state index in [-0.39, 0.29) is 22.8 Å². The first-order valence-corrected chi connectivity index (χ1v) is 12.5. The molecule has 1 amide bonds. The summed E-state index contributed by atoms with van der Waals surface area (Å²) in [6.07, 6.45) is 1.67. The largest absolute Gasteiger partial charge is 0.321 e. The Morgan fingerprint density at radius 1 is 1.03 bits per heavy atom. The predicted octanol–water partition coefficient (Wildman–Crippen LogP) is 4.07. The van der Waals surface area contributed by atoms with Crippen LogP contribution in [0.1, 0.15) is 35.7 Å². The second-order valence-corrected chi connectivity index (χ2v) is 10.00. The molecule has 2 atom stereocenters. The Morgan fingerprint density at radius 2 is 1.75 bits per heavy atom. The van der Waals surface area contributed by atoms with Gasteiger partial charge >= 0.3 is 0 Å². The van der Waals surface area contributed by atoms with Crippen LogP contribution in [0.25, 0.3) is 10.8 Å². The average molecular weight is 452 g/mol. The molecule has 32 heavy (non-hydrogen) atoms. The third-order valence-electron chi connectivity index (χ3n) is 6.25. The molecule has 1 aliphatic rings. The van der Waals surface area contributed by atoms with Gasteiger partial charge in [0.2, 0.25) is 10.0 Å². The van der Waals surface area contributed by atoms with E-state index < -0.39 is 10.0 Å². The fraction of sp³-hybridized carbons (Fsp3) is 0.320. The predicted molar refractivity (Wildman–Crippen MR) is 128 cm³/mol. The van der Waals surface area contributed by atoms with Gasteiger partial charge in [0.25, 0.3) is 5.91 Å².